The SMILES string of the molecule is CN=C(N)c1cc(F)c(C)cc1Cl. The van der Waals surface area contributed by atoms with E-state index in [9.17, 15) is 4.39 Å². The quantitative estimate of drug-likeness (QED) is 0.547. The molecule has 2 nitrogen and oxygen atoms in total. The molecule has 0 saturated carbocycles. The van der Waals surface area contributed by atoms with E-state index in [1.165, 1.54) is 19.2 Å². The van der Waals surface area contributed by atoms with Gasteiger partial charge in [-0.25, -0.2) is 4.39 Å². The Kier molecular flexibility index (Phi) is 2.88. The van der Waals surface area contributed by atoms with Crippen molar-refractivity contribution >= 4 is 17.4 Å². The number of aryl methyl sites for hydroxylation is 1. The Hall–Kier alpha value is -1.09. The summed E-state index contributed by atoms with van der Waals surface area (Å²) in [5, 5.41) is 0.419. The van der Waals surface area contributed by atoms with Crippen molar-refractivity contribution in [3.63, 3.8) is 0 Å². The lowest BCUT2D eigenvalue weighted by Gasteiger charge is -2.04. The molecule has 0 unspecified atom stereocenters. The molecule has 13 heavy (non-hydrogen) atoms. The second-order valence-corrected chi connectivity index (χ2v) is 3.10. The molecule has 0 spiro atoms. The predicted molar refractivity (Wildman–Crippen MR) is 52.8 cm³/mol. The van der Waals surface area contributed by atoms with E-state index in [1.54, 1.807) is 6.92 Å². The molecule has 0 radical (unpaired) electrons. The van der Waals surface area contributed by atoms with Crippen LogP contribution < -0.4 is 5.73 Å². The fraction of sp³-hybridized carbons (Fsp3) is 0.222. The Bertz CT molecular complexity index is 361. The maximum absolute atomic E-state index is 13.1. The first-order chi connectivity index (χ1) is 6.06. The lowest BCUT2D eigenvalue weighted by Crippen LogP contribution is -2.14. The standard InChI is InChI=1S/C9H10ClFN2/c1-5-3-7(10)6(4-8(5)11)9(12)13-2/h3-4H,1-2H3,(H2,12,13). The Morgan fingerprint density at radius 2 is 2.15 bits per heavy atom. The van der Waals surface area contributed by atoms with Gasteiger partial charge >= 0.3 is 0 Å². The zero-order valence-corrected chi connectivity index (χ0v) is 8.19. The van der Waals surface area contributed by atoms with Crippen LogP contribution in [0.25, 0.3) is 0 Å². The van der Waals surface area contributed by atoms with E-state index in [-0.39, 0.29) is 11.7 Å². The maximum atomic E-state index is 13.1. The van der Waals surface area contributed by atoms with E-state index < -0.39 is 0 Å². The van der Waals surface area contributed by atoms with Crippen LogP contribution >= 0.6 is 11.6 Å². The smallest absolute Gasteiger partial charge is 0.126 e. The highest BCUT2D eigenvalue weighted by atomic mass is 35.5. The van der Waals surface area contributed by atoms with E-state index in [2.05, 4.69) is 4.99 Å². The molecule has 70 valence electrons. The Morgan fingerprint density at radius 1 is 1.54 bits per heavy atom. The first-order valence-electron chi connectivity index (χ1n) is 3.74. The van der Waals surface area contributed by atoms with Gasteiger partial charge in [-0.3, -0.25) is 4.99 Å². The van der Waals surface area contributed by atoms with Crippen molar-refractivity contribution < 1.29 is 4.39 Å². The second kappa shape index (κ2) is 3.75. The van der Waals surface area contributed by atoms with Crippen molar-refractivity contribution in [2.24, 2.45) is 10.7 Å². The van der Waals surface area contributed by atoms with Gasteiger partial charge in [0.25, 0.3) is 0 Å². The third kappa shape index (κ3) is 1.98. The average molecular weight is 201 g/mol. The summed E-state index contributed by atoms with van der Waals surface area (Å²) in [7, 11) is 1.53. The Labute approximate surface area is 81.2 Å². The molecular formula is C9H10ClFN2. The van der Waals surface area contributed by atoms with Crippen molar-refractivity contribution in [1.82, 2.24) is 0 Å². The van der Waals surface area contributed by atoms with Gasteiger partial charge in [-0.2, -0.15) is 0 Å². The van der Waals surface area contributed by atoms with Crippen LogP contribution in [0.4, 0.5) is 4.39 Å². The first-order valence-corrected chi connectivity index (χ1v) is 4.12. The zero-order valence-electron chi connectivity index (χ0n) is 7.44. The van der Waals surface area contributed by atoms with Crippen molar-refractivity contribution in [2.45, 2.75) is 6.92 Å². The fourth-order valence-electron chi connectivity index (χ4n) is 0.963. The lowest BCUT2D eigenvalue weighted by atomic mass is 10.1. The van der Waals surface area contributed by atoms with E-state index in [4.69, 9.17) is 17.3 Å². The minimum atomic E-state index is -0.328. The normalized spacial score (nSPS) is 11.8. The molecule has 0 aromatic heterocycles. The van der Waals surface area contributed by atoms with Crippen molar-refractivity contribution in [3.05, 3.63) is 34.1 Å². The fourth-order valence-corrected chi connectivity index (χ4v) is 1.28. The third-order valence-corrected chi connectivity index (χ3v) is 2.08. The molecule has 0 atom stereocenters. The van der Waals surface area contributed by atoms with Crippen LogP contribution in [0.15, 0.2) is 17.1 Å². The van der Waals surface area contributed by atoms with Crippen LogP contribution in [-0.4, -0.2) is 12.9 Å². The van der Waals surface area contributed by atoms with Gasteiger partial charge in [0.2, 0.25) is 0 Å². The minimum Gasteiger partial charge on any atom is -0.383 e. The highest BCUT2D eigenvalue weighted by Gasteiger charge is 2.07. The second-order valence-electron chi connectivity index (χ2n) is 2.69. The molecule has 0 aliphatic heterocycles. The van der Waals surface area contributed by atoms with E-state index in [1.807, 2.05) is 0 Å². The van der Waals surface area contributed by atoms with Crippen LogP contribution in [-0.2, 0) is 0 Å². The molecule has 0 saturated heterocycles. The summed E-state index contributed by atoms with van der Waals surface area (Å²) < 4.78 is 13.1. The number of rotatable bonds is 1. The molecular weight excluding hydrogens is 191 g/mol. The first kappa shape index (κ1) is 9.99. The average Bonchev–Trinajstić information content (AvgIpc) is 2.10. The summed E-state index contributed by atoms with van der Waals surface area (Å²) >= 11 is 5.85. The Morgan fingerprint density at radius 3 is 2.69 bits per heavy atom. The number of benzene rings is 1. The third-order valence-electron chi connectivity index (χ3n) is 1.77. The van der Waals surface area contributed by atoms with Gasteiger partial charge in [0.1, 0.15) is 11.7 Å². The lowest BCUT2D eigenvalue weighted by molar-refractivity contribution is 0.618. The largest absolute Gasteiger partial charge is 0.383 e. The number of hydrogen-bond acceptors (Lipinski definition) is 1. The summed E-state index contributed by atoms with van der Waals surface area (Å²) in [6, 6.07) is 2.82. The van der Waals surface area contributed by atoms with Gasteiger partial charge in [-0.05, 0) is 24.6 Å². The van der Waals surface area contributed by atoms with E-state index in [0.717, 1.165) is 0 Å². The van der Waals surface area contributed by atoms with Gasteiger partial charge in [0.05, 0.1) is 5.02 Å². The number of halogens is 2. The topological polar surface area (TPSA) is 38.4 Å². The van der Waals surface area contributed by atoms with Crippen LogP contribution in [0, 0.1) is 12.7 Å². The van der Waals surface area contributed by atoms with E-state index >= 15 is 0 Å². The molecule has 1 aromatic carbocycles. The van der Waals surface area contributed by atoms with Crippen molar-refractivity contribution in [2.75, 3.05) is 7.05 Å². The maximum Gasteiger partial charge on any atom is 0.126 e. The monoisotopic (exact) mass is 200 g/mol. The molecule has 4 heteroatoms. The number of nitrogens with zero attached hydrogens (tertiary/aromatic N) is 1. The summed E-state index contributed by atoms with van der Waals surface area (Å²) in [6.45, 7) is 1.64. The van der Waals surface area contributed by atoms with Crippen LogP contribution in [0.2, 0.25) is 5.02 Å². The van der Waals surface area contributed by atoms with Gasteiger partial charge in [-0.15, -0.1) is 0 Å². The Balaban J connectivity index is 3.32. The summed E-state index contributed by atoms with van der Waals surface area (Å²) in [6.07, 6.45) is 0. The van der Waals surface area contributed by atoms with Gasteiger partial charge in [-0.1, -0.05) is 11.6 Å². The predicted octanol–water partition coefficient (Wildman–Crippen LogP) is 2.12. The molecule has 0 bridgehead atoms. The molecule has 1 rings (SSSR count). The van der Waals surface area contributed by atoms with Crippen LogP contribution in [0.3, 0.4) is 0 Å². The van der Waals surface area contributed by atoms with Crippen molar-refractivity contribution in [3.8, 4) is 0 Å². The summed E-state index contributed by atoms with van der Waals surface area (Å²) in [5.74, 6) is -0.0881. The molecule has 0 heterocycles. The molecule has 2 N–H and O–H groups in total. The van der Waals surface area contributed by atoms with Gasteiger partial charge in [0, 0.05) is 12.6 Å². The number of hydrogen-bond donors (Lipinski definition) is 1. The molecule has 1 aromatic rings. The minimum absolute atomic E-state index is 0.240. The molecule has 0 aliphatic rings. The number of aliphatic imine (C=N–C) groups is 1. The zero-order chi connectivity index (χ0) is 10.0. The van der Waals surface area contributed by atoms with Gasteiger partial charge in [0.15, 0.2) is 0 Å². The molecule has 0 fully saturated rings. The summed E-state index contributed by atoms with van der Waals surface area (Å²) in [5.41, 5.74) is 6.45. The highest BCUT2D eigenvalue weighted by molar-refractivity contribution is 6.34. The van der Waals surface area contributed by atoms with Crippen LogP contribution in [0.5, 0.6) is 0 Å². The molecule has 0 aliphatic carbocycles. The highest BCUT2D eigenvalue weighted by Crippen LogP contribution is 2.19. The van der Waals surface area contributed by atoms with Crippen molar-refractivity contribution in [1.29, 1.82) is 0 Å². The number of nitrogens with two attached hydrogens (primary N) is 1. The van der Waals surface area contributed by atoms with Gasteiger partial charge < -0.3 is 5.73 Å². The number of amidine groups is 1. The summed E-state index contributed by atoms with van der Waals surface area (Å²) in [4.78, 5) is 3.73. The molecule has 0 amide bonds. The van der Waals surface area contributed by atoms with E-state index in [0.29, 0.717) is 16.1 Å². The van der Waals surface area contributed by atoms with Crippen LogP contribution in [0.1, 0.15) is 11.1 Å².